The number of piperidine rings is 1. The Morgan fingerprint density at radius 1 is 1.30 bits per heavy atom. The third-order valence-corrected chi connectivity index (χ3v) is 5.26. The molecule has 1 aromatic heterocycles. The summed E-state index contributed by atoms with van der Waals surface area (Å²) in [5.41, 5.74) is 1.03. The molecule has 4 rings (SSSR count). The molecule has 0 unspecified atom stereocenters. The molecule has 1 saturated heterocycles. The zero-order valence-corrected chi connectivity index (χ0v) is 15.4. The summed E-state index contributed by atoms with van der Waals surface area (Å²) in [6, 6.07) is 6.00. The van der Waals surface area contributed by atoms with Crippen LogP contribution in [0.3, 0.4) is 0 Å². The molecule has 3 heterocycles. The summed E-state index contributed by atoms with van der Waals surface area (Å²) in [4.78, 5) is 23.4. The van der Waals surface area contributed by atoms with Crippen molar-refractivity contribution in [3.63, 3.8) is 0 Å². The van der Waals surface area contributed by atoms with E-state index in [0.29, 0.717) is 13.0 Å². The fraction of sp³-hybridized carbons (Fsp3) is 0.450. The Balaban J connectivity index is 1.31. The summed E-state index contributed by atoms with van der Waals surface area (Å²) < 4.78 is 11.2. The molecular formula is C20H24N4O3. The van der Waals surface area contributed by atoms with E-state index < -0.39 is 0 Å². The Morgan fingerprint density at radius 3 is 2.89 bits per heavy atom. The monoisotopic (exact) mass is 368 g/mol. The van der Waals surface area contributed by atoms with Gasteiger partial charge in [-0.05, 0) is 30.9 Å². The number of benzene rings is 1. The van der Waals surface area contributed by atoms with Crippen molar-refractivity contribution >= 4 is 11.7 Å². The highest BCUT2D eigenvalue weighted by molar-refractivity contribution is 5.80. The number of rotatable bonds is 4. The summed E-state index contributed by atoms with van der Waals surface area (Å²) in [6.45, 7) is 2.12. The normalized spacial score (nSPS) is 19.7. The van der Waals surface area contributed by atoms with E-state index in [1.807, 2.05) is 18.2 Å². The Labute approximate surface area is 158 Å². The molecule has 1 aromatic carbocycles. The van der Waals surface area contributed by atoms with Gasteiger partial charge in [0, 0.05) is 31.5 Å². The first-order chi connectivity index (χ1) is 13.2. The van der Waals surface area contributed by atoms with Gasteiger partial charge in [0.15, 0.2) is 11.5 Å². The fourth-order valence-electron chi connectivity index (χ4n) is 3.75. The number of nitrogens with zero attached hydrogens (tertiary/aromatic N) is 3. The highest BCUT2D eigenvalue weighted by atomic mass is 16.5. The van der Waals surface area contributed by atoms with Crippen molar-refractivity contribution < 1.29 is 14.3 Å². The van der Waals surface area contributed by atoms with Crippen molar-refractivity contribution in [3.8, 4) is 11.5 Å². The Kier molecular flexibility index (Phi) is 5.09. The van der Waals surface area contributed by atoms with Gasteiger partial charge in [0.05, 0.1) is 19.2 Å². The number of hydrogen-bond acceptors (Lipinski definition) is 6. The average molecular weight is 368 g/mol. The number of nitrogens with one attached hydrogen (secondary N) is 1. The lowest BCUT2D eigenvalue weighted by Gasteiger charge is -2.34. The summed E-state index contributed by atoms with van der Waals surface area (Å²) in [5.74, 6) is 2.29. The van der Waals surface area contributed by atoms with Crippen molar-refractivity contribution in [1.82, 2.24) is 15.3 Å². The first kappa shape index (κ1) is 17.6. The number of carbonyl (C=O) groups is 1. The number of anilines is 1. The number of fused-ring (bicyclic) bond motifs is 1. The topological polar surface area (TPSA) is 76.6 Å². The van der Waals surface area contributed by atoms with Crippen LogP contribution in [-0.2, 0) is 11.2 Å². The molecule has 7 nitrogen and oxygen atoms in total. The van der Waals surface area contributed by atoms with Crippen LogP contribution in [0, 0.1) is 5.92 Å². The highest BCUT2D eigenvalue weighted by Crippen LogP contribution is 2.36. The molecule has 0 radical (unpaired) electrons. The van der Waals surface area contributed by atoms with E-state index in [1.165, 1.54) is 0 Å². The maximum absolute atomic E-state index is 12.7. The van der Waals surface area contributed by atoms with E-state index in [1.54, 1.807) is 25.7 Å². The molecule has 7 heteroatoms. The second kappa shape index (κ2) is 7.82. The molecule has 142 valence electrons. The van der Waals surface area contributed by atoms with Crippen LogP contribution in [0.25, 0.3) is 0 Å². The molecule has 1 atom stereocenters. The molecule has 1 fully saturated rings. The highest BCUT2D eigenvalue weighted by Gasteiger charge is 2.30. The molecule has 0 bridgehead atoms. The van der Waals surface area contributed by atoms with Gasteiger partial charge in [0.2, 0.25) is 5.91 Å². The minimum absolute atomic E-state index is 0.0708. The van der Waals surface area contributed by atoms with Crippen LogP contribution in [0.1, 0.15) is 18.4 Å². The van der Waals surface area contributed by atoms with Crippen LogP contribution in [0.15, 0.2) is 36.8 Å². The van der Waals surface area contributed by atoms with Crippen LogP contribution < -0.4 is 19.7 Å². The number of para-hydroxylation sites is 1. The Morgan fingerprint density at radius 2 is 2.15 bits per heavy atom. The summed E-state index contributed by atoms with van der Waals surface area (Å²) in [7, 11) is 1.63. The van der Waals surface area contributed by atoms with E-state index in [9.17, 15) is 4.79 Å². The molecule has 0 aliphatic carbocycles. The zero-order valence-electron chi connectivity index (χ0n) is 15.4. The Hall–Kier alpha value is -2.83. The predicted molar refractivity (Wildman–Crippen MR) is 101 cm³/mol. The molecule has 1 amide bonds. The van der Waals surface area contributed by atoms with Gasteiger partial charge >= 0.3 is 0 Å². The van der Waals surface area contributed by atoms with Gasteiger partial charge in [-0.25, -0.2) is 4.98 Å². The number of amides is 1. The van der Waals surface area contributed by atoms with E-state index in [2.05, 4.69) is 20.2 Å². The van der Waals surface area contributed by atoms with Gasteiger partial charge in [0.1, 0.15) is 12.4 Å². The lowest BCUT2D eigenvalue weighted by atomic mass is 9.94. The first-order valence-corrected chi connectivity index (χ1v) is 9.34. The van der Waals surface area contributed by atoms with Crippen molar-refractivity contribution in [2.24, 2.45) is 5.92 Å². The van der Waals surface area contributed by atoms with Crippen molar-refractivity contribution in [2.45, 2.75) is 25.3 Å². The van der Waals surface area contributed by atoms with Gasteiger partial charge in [-0.15, -0.1) is 0 Å². The van der Waals surface area contributed by atoms with Gasteiger partial charge in [-0.1, -0.05) is 12.1 Å². The zero-order chi connectivity index (χ0) is 18.6. The van der Waals surface area contributed by atoms with E-state index in [-0.39, 0.29) is 17.9 Å². The molecule has 0 saturated carbocycles. The number of methoxy groups -OCH3 is 1. The maximum atomic E-state index is 12.7. The van der Waals surface area contributed by atoms with Crippen LogP contribution in [0.2, 0.25) is 0 Å². The summed E-state index contributed by atoms with van der Waals surface area (Å²) in [6.07, 6.45) is 7.65. The minimum atomic E-state index is -0.164. The van der Waals surface area contributed by atoms with Gasteiger partial charge < -0.3 is 19.7 Å². The van der Waals surface area contributed by atoms with Gasteiger partial charge in [-0.3, -0.25) is 9.78 Å². The SMILES string of the molecule is COc1cccc2c1OC[C@@H](C(=O)NC1CCN(c3cnccn3)CC1)C2. The van der Waals surface area contributed by atoms with Crippen LogP contribution >= 0.6 is 0 Å². The van der Waals surface area contributed by atoms with Crippen LogP contribution in [0.4, 0.5) is 5.82 Å². The number of ether oxygens (including phenoxy) is 2. The average Bonchev–Trinajstić information content (AvgIpc) is 2.74. The second-order valence-corrected chi connectivity index (χ2v) is 6.99. The van der Waals surface area contributed by atoms with Crippen molar-refractivity contribution in [2.75, 3.05) is 31.7 Å². The number of aromatic nitrogens is 2. The number of hydrogen-bond donors (Lipinski definition) is 1. The summed E-state index contributed by atoms with van der Waals surface area (Å²) >= 11 is 0. The lowest BCUT2D eigenvalue weighted by Crippen LogP contribution is -2.48. The third-order valence-electron chi connectivity index (χ3n) is 5.26. The quantitative estimate of drug-likeness (QED) is 0.887. The molecular weight excluding hydrogens is 344 g/mol. The maximum Gasteiger partial charge on any atom is 0.227 e. The van der Waals surface area contributed by atoms with Crippen molar-refractivity contribution in [1.29, 1.82) is 0 Å². The molecule has 1 N–H and O–H groups in total. The van der Waals surface area contributed by atoms with E-state index in [4.69, 9.17) is 9.47 Å². The standard InChI is InChI=1S/C20H24N4O3/c1-26-17-4-2-3-14-11-15(13-27-19(14)17)20(25)23-16-5-9-24(10-6-16)18-12-21-7-8-22-18/h2-4,7-8,12,15-16H,5-6,9-11,13H2,1H3,(H,23,25)/t15-/m0/s1. The molecule has 2 aromatic rings. The summed E-state index contributed by atoms with van der Waals surface area (Å²) in [5, 5.41) is 3.21. The molecule has 27 heavy (non-hydrogen) atoms. The lowest BCUT2D eigenvalue weighted by molar-refractivity contribution is -0.127. The molecule has 0 spiro atoms. The van der Waals surface area contributed by atoms with E-state index >= 15 is 0 Å². The van der Waals surface area contributed by atoms with Gasteiger partial charge in [0.25, 0.3) is 0 Å². The third kappa shape index (κ3) is 3.82. The second-order valence-electron chi connectivity index (χ2n) is 6.99. The molecule has 2 aliphatic rings. The molecule has 2 aliphatic heterocycles. The predicted octanol–water partition coefficient (Wildman–Crippen LogP) is 1.82. The van der Waals surface area contributed by atoms with Crippen molar-refractivity contribution in [3.05, 3.63) is 42.4 Å². The number of carbonyl (C=O) groups excluding carboxylic acids is 1. The van der Waals surface area contributed by atoms with Crippen LogP contribution in [-0.4, -0.2) is 48.7 Å². The Bertz CT molecular complexity index is 791. The van der Waals surface area contributed by atoms with Gasteiger partial charge in [-0.2, -0.15) is 0 Å². The van der Waals surface area contributed by atoms with E-state index in [0.717, 1.165) is 48.8 Å². The first-order valence-electron chi connectivity index (χ1n) is 9.34. The smallest absolute Gasteiger partial charge is 0.227 e. The van der Waals surface area contributed by atoms with Crippen LogP contribution in [0.5, 0.6) is 11.5 Å². The fourth-order valence-corrected chi connectivity index (χ4v) is 3.75. The minimum Gasteiger partial charge on any atom is -0.493 e. The largest absolute Gasteiger partial charge is 0.493 e.